The van der Waals surface area contributed by atoms with E-state index < -0.39 is 12.0 Å². The summed E-state index contributed by atoms with van der Waals surface area (Å²) in [6.07, 6.45) is 0.0787. The topological polar surface area (TPSA) is 97.4 Å². The lowest BCUT2D eigenvalue weighted by atomic mass is 10.0. The predicted molar refractivity (Wildman–Crippen MR) is 99.1 cm³/mol. The number of halogens is 1. The van der Waals surface area contributed by atoms with Crippen LogP contribution in [0.1, 0.15) is 30.6 Å². The van der Waals surface area contributed by atoms with E-state index in [2.05, 4.69) is 20.4 Å². The Balaban J connectivity index is 2.01. The van der Waals surface area contributed by atoms with E-state index in [1.807, 2.05) is 0 Å². The summed E-state index contributed by atoms with van der Waals surface area (Å²) in [5.41, 5.74) is 1.29. The highest BCUT2D eigenvalue weighted by Crippen LogP contribution is 2.21. The average Bonchev–Trinajstić information content (AvgIpc) is 3.01. The molecule has 0 radical (unpaired) electrons. The molecule has 0 saturated heterocycles. The molecule has 2 aromatic rings. The lowest BCUT2D eigenvalue weighted by Gasteiger charge is -2.17. The van der Waals surface area contributed by atoms with Crippen molar-refractivity contribution >= 4 is 45.9 Å². The number of hydrogen-bond donors (Lipinski definition) is 2. The van der Waals surface area contributed by atoms with Crippen LogP contribution in [0.3, 0.4) is 0 Å². The number of amides is 2. The standard InChI is InChI=1S/C17H18ClN3O4S/c1-10(22)19-14(11-3-5-12(18)6-4-11)8-15(23)21-17-20-13(9-26-17)7-16(24)25-2/h3-6,9,14H,7-8H2,1-2H3,(H,19,22)(H,20,21,23)/t14-/m1/s1. The largest absolute Gasteiger partial charge is 0.469 e. The molecule has 1 heterocycles. The SMILES string of the molecule is COC(=O)Cc1csc(NC(=O)C[C@@H](NC(C)=O)c2ccc(Cl)cc2)n1. The van der Waals surface area contributed by atoms with E-state index in [0.29, 0.717) is 15.8 Å². The minimum atomic E-state index is -0.487. The molecule has 138 valence electrons. The van der Waals surface area contributed by atoms with Gasteiger partial charge in [0.25, 0.3) is 0 Å². The Kier molecular flexibility index (Phi) is 7.11. The molecule has 0 bridgehead atoms. The number of methoxy groups -OCH3 is 1. The number of aromatic nitrogens is 1. The number of thiazole rings is 1. The smallest absolute Gasteiger partial charge is 0.311 e. The van der Waals surface area contributed by atoms with E-state index in [9.17, 15) is 14.4 Å². The maximum atomic E-state index is 12.3. The van der Waals surface area contributed by atoms with Crippen LogP contribution in [-0.4, -0.2) is 29.9 Å². The Morgan fingerprint density at radius 1 is 1.27 bits per heavy atom. The van der Waals surface area contributed by atoms with Crippen molar-refractivity contribution in [3.63, 3.8) is 0 Å². The van der Waals surface area contributed by atoms with Gasteiger partial charge in [-0.15, -0.1) is 11.3 Å². The number of nitrogens with zero attached hydrogens (tertiary/aromatic N) is 1. The van der Waals surface area contributed by atoms with Crippen LogP contribution in [0.2, 0.25) is 5.02 Å². The van der Waals surface area contributed by atoms with Crippen molar-refractivity contribution < 1.29 is 19.1 Å². The Morgan fingerprint density at radius 2 is 1.96 bits per heavy atom. The summed E-state index contributed by atoms with van der Waals surface area (Å²) < 4.78 is 4.58. The number of esters is 1. The van der Waals surface area contributed by atoms with Crippen LogP contribution in [0.4, 0.5) is 5.13 Å². The summed E-state index contributed by atoms with van der Waals surface area (Å²) in [5.74, 6) is -0.952. The molecule has 2 N–H and O–H groups in total. The zero-order valence-electron chi connectivity index (χ0n) is 14.2. The molecule has 26 heavy (non-hydrogen) atoms. The highest BCUT2D eigenvalue weighted by molar-refractivity contribution is 7.13. The van der Waals surface area contributed by atoms with Gasteiger partial charge in [-0.1, -0.05) is 23.7 Å². The molecule has 1 aromatic carbocycles. The van der Waals surface area contributed by atoms with Crippen molar-refractivity contribution in [3.05, 3.63) is 45.9 Å². The van der Waals surface area contributed by atoms with Crippen molar-refractivity contribution in [3.8, 4) is 0 Å². The van der Waals surface area contributed by atoms with Crippen LogP contribution in [0.5, 0.6) is 0 Å². The molecule has 0 unspecified atom stereocenters. The summed E-state index contributed by atoms with van der Waals surface area (Å²) in [6, 6.07) is 6.43. The summed E-state index contributed by atoms with van der Waals surface area (Å²) in [6.45, 7) is 1.39. The maximum Gasteiger partial charge on any atom is 0.311 e. The van der Waals surface area contributed by atoms with E-state index >= 15 is 0 Å². The van der Waals surface area contributed by atoms with Gasteiger partial charge < -0.3 is 15.4 Å². The van der Waals surface area contributed by atoms with E-state index in [-0.39, 0.29) is 24.7 Å². The fourth-order valence-corrected chi connectivity index (χ4v) is 3.07. The number of carbonyl (C=O) groups excluding carboxylic acids is 3. The Labute approximate surface area is 159 Å². The summed E-state index contributed by atoms with van der Waals surface area (Å²) >= 11 is 7.09. The van der Waals surface area contributed by atoms with Crippen LogP contribution in [0.25, 0.3) is 0 Å². The molecular weight excluding hydrogens is 378 g/mol. The van der Waals surface area contributed by atoms with Crippen LogP contribution in [-0.2, 0) is 25.5 Å². The van der Waals surface area contributed by atoms with Crippen molar-refractivity contribution in [1.82, 2.24) is 10.3 Å². The van der Waals surface area contributed by atoms with Crippen molar-refractivity contribution in [2.24, 2.45) is 0 Å². The molecule has 0 saturated carbocycles. The van der Waals surface area contributed by atoms with Gasteiger partial charge in [0.15, 0.2) is 5.13 Å². The molecular formula is C17H18ClN3O4S. The summed E-state index contributed by atoms with van der Waals surface area (Å²) in [4.78, 5) is 39.2. The number of hydrogen-bond acceptors (Lipinski definition) is 6. The Bertz CT molecular complexity index is 792. The fraction of sp³-hybridized carbons (Fsp3) is 0.294. The first-order valence-corrected chi connectivity index (χ1v) is 8.96. The normalized spacial score (nSPS) is 11.5. The molecule has 0 fully saturated rings. The van der Waals surface area contributed by atoms with E-state index in [0.717, 1.165) is 5.56 Å². The van der Waals surface area contributed by atoms with Gasteiger partial charge >= 0.3 is 5.97 Å². The van der Waals surface area contributed by atoms with Gasteiger partial charge in [0.05, 0.1) is 31.7 Å². The minimum Gasteiger partial charge on any atom is -0.469 e. The second kappa shape index (κ2) is 9.30. The molecule has 0 aliphatic heterocycles. The highest BCUT2D eigenvalue weighted by Gasteiger charge is 2.18. The minimum absolute atomic E-state index is 0.0348. The van der Waals surface area contributed by atoms with Gasteiger partial charge in [-0.3, -0.25) is 14.4 Å². The van der Waals surface area contributed by atoms with Gasteiger partial charge in [-0.25, -0.2) is 4.98 Å². The number of anilines is 1. The fourth-order valence-electron chi connectivity index (χ4n) is 2.21. The first kappa shape index (κ1) is 19.9. The second-order valence-electron chi connectivity index (χ2n) is 5.45. The maximum absolute atomic E-state index is 12.3. The molecule has 0 aliphatic carbocycles. The number of carbonyl (C=O) groups is 3. The number of benzene rings is 1. The van der Waals surface area contributed by atoms with E-state index in [1.165, 1.54) is 25.4 Å². The Morgan fingerprint density at radius 3 is 2.58 bits per heavy atom. The van der Waals surface area contributed by atoms with Crippen LogP contribution < -0.4 is 10.6 Å². The van der Waals surface area contributed by atoms with Crippen LogP contribution in [0, 0.1) is 0 Å². The van der Waals surface area contributed by atoms with Crippen molar-refractivity contribution in [2.75, 3.05) is 12.4 Å². The van der Waals surface area contributed by atoms with Crippen molar-refractivity contribution in [1.29, 1.82) is 0 Å². The van der Waals surface area contributed by atoms with Gasteiger partial charge in [0.1, 0.15) is 0 Å². The third-order valence-corrected chi connectivity index (χ3v) is 4.45. The van der Waals surface area contributed by atoms with Crippen LogP contribution in [0.15, 0.2) is 29.6 Å². The molecule has 7 nitrogen and oxygen atoms in total. The lowest BCUT2D eigenvalue weighted by molar-refractivity contribution is -0.139. The monoisotopic (exact) mass is 395 g/mol. The molecule has 2 amide bonds. The van der Waals surface area contributed by atoms with Crippen LogP contribution >= 0.6 is 22.9 Å². The molecule has 9 heteroatoms. The van der Waals surface area contributed by atoms with Gasteiger partial charge in [0, 0.05) is 17.3 Å². The average molecular weight is 396 g/mol. The zero-order chi connectivity index (χ0) is 19.1. The predicted octanol–water partition coefficient (Wildman–Crippen LogP) is 2.72. The third kappa shape index (κ3) is 6.12. The molecule has 1 aromatic heterocycles. The molecule has 0 aliphatic rings. The van der Waals surface area contributed by atoms with Gasteiger partial charge in [-0.05, 0) is 17.7 Å². The summed E-state index contributed by atoms with van der Waals surface area (Å²) in [7, 11) is 1.30. The first-order valence-electron chi connectivity index (χ1n) is 7.71. The number of rotatable bonds is 7. The van der Waals surface area contributed by atoms with E-state index in [4.69, 9.17) is 11.6 Å². The Hall–Kier alpha value is -2.45. The second-order valence-corrected chi connectivity index (χ2v) is 6.75. The van der Waals surface area contributed by atoms with Crippen molar-refractivity contribution in [2.45, 2.75) is 25.8 Å². The van der Waals surface area contributed by atoms with Gasteiger partial charge in [-0.2, -0.15) is 0 Å². The van der Waals surface area contributed by atoms with E-state index in [1.54, 1.807) is 29.6 Å². The summed E-state index contributed by atoms with van der Waals surface area (Å²) in [5, 5.41) is 8.06. The zero-order valence-corrected chi connectivity index (χ0v) is 15.8. The molecule has 2 rings (SSSR count). The number of ether oxygens (including phenoxy) is 1. The first-order chi connectivity index (χ1) is 12.4. The highest BCUT2D eigenvalue weighted by atomic mass is 35.5. The van der Waals surface area contributed by atoms with Gasteiger partial charge in [0.2, 0.25) is 11.8 Å². The third-order valence-electron chi connectivity index (χ3n) is 3.39. The molecule has 1 atom stereocenters. The lowest BCUT2D eigenvalue weighted by Crippen LogP contribution is -2.29. The number of nitrogens with one attached hydrogen (secondary N) is 2. The quantitative estimate of drug-likeness (QED) is 0.702. The molecule has 0 spiro atoms.